The number of rotatable bonds is 5. The van der Waals surface area contributed by atoms with E-state index in [4.69, 9.17) is 4.74 Å². The van der Waals surface area contributed by atoms with Crippen LogP contribution in [0.5, 0.6) is 5.75 Å². The van der Waals surface area contributed by atoms with E-state index in [1.807, 2.05) is 29.2 Å². The third kappa shape index (κ3) is 6.81. The molecule has 2 aliphatic rings. The summed E-state index contributed by atoms with van der Waals surface area (Å²) in [5.74, 6) is 0.439. The number of nitrogens with zero attached hydrogens (tertiary/aromatic N) is 3. The van der Waals surface area contributed by atoms with E-state index in [-0.39, 0.29) is 42.1 Å². The minimum absolute atomic E-state index is 0.0837. The van der Waals surface area contributed by atoms with Crippen molar-refractivity contribution in [2.45, 2.75) is 30.6 Å². The van der Waals surface area contributed by atoms with Crippen LogP contribution in [0.4, 0.5) is 5.69 Å². The highest BCUT2D eigenvalue weighted by Gasteiger charge is 2.30. The van der Waals surface area contributed by atoms with Crippen molar-refractivity contribution in [1.29, 1.82) is 0 Å². The maximum atomic E-state index is 13.5. The molecule has 10 heteroatoms. The molecule has 2 heterocycles. The molecular weight excluding hydrogens is 492 g/mol. The van der Waals surface area contributed by atoms with Crippen LogP contribution < -0.4 is 15.0 Å². The molecule has 2 saturated heterocycles. The minimum atomic E-state index is -3.72. The summed E-state index contributed by atoms with van der Waals surface area (Å²) in [6.07, 6.45) is 1.78. The van der Waals surface area contributed by atoms with E-state index in [0.29, 0.717) is 38.9 Å². The molecule has 1 unspecified atom stereocenters. The number of amides is 2. The maximum absolute atomic E-state index is 13.5. The fourth-order valence-electron chi connectivity index (χ4n) is 4.94. The molecule has 0 aliphatic carbocycles. The van der Waals surface area contributed by atoms with Crippen LogP contribution in [0.15, 0.2) is 59.5 Å². The zero-order valence-corrected chi connectivity index (χ0v) is 22.2. The number of hydrogen-bond donors (Lipinski definition) is 1. The second kappa shape index (κ2) is 12.4. The van der Waals surface area contributed by atoms with Crippen molar-refractivity contribution in [2.24, 2.45) is 5.92 Å². The van der Waals surface area contributed by atoms with Gasteiger partial charge in [0.15, 0.2) is 0 Å². The van der Waals surface area contributed by atoms with Crippen LogP contribution in [0.1, 0.15) is 25.7 Å². The molecule has 2 fully saturated rings. The lowest BCUT2D eigenvalue weighted by Crippen LogP contribution is -2.50. The Bertz CT molecular complexity index is 1150. The van der Waals surface area contributed by atoms with Gasteiger partial charge in [0.1, 0.15) is 5.75 Å². The highest BCUT2D eigenvalue weighted by molar-refractivity contribution is 7.89. The van der Waals surface area contributed by atoms with Crippen LogP contribution in [0.25, 0.3) is 0 Å². The molecule has 200 valence electrons. The number of ether oxygens (including phenoxy) is 1. The Kier molecular flexibility index (Phi) is 9.04. The summed E-state index contributed by atoms with van der Waals surface area (Å²) in [7, 11) is -2.07. The van der Waals surface area contributed by atoms with Crippen LogP contribution in [-0.4, -0.2) is 82.4 Å². The molecule has 0 bridgehead atoms. The number of carbonyl (C=O) groups is 2. The Balaban J connectivity index is 1.38. The van der Waals surface area contributed by atoms with Crippen LogP contribution in [0, 0.1) is 5.92 Å². The molecule has 4 rings (SSSR count). The summed E-state index contributed by atoms with van der Waals surface area (Å²) in [6, 6.07) is 16.2. The van der Waals surface area contributed by atoms with Gasteiger partial charge in [0.2, 0.25) is 21.8 Å². The van der Waals surface area contributed by atoms with Crippen molar-refractivity contribution >= 4 is 27.5 Å². The predicted molar refractivity (Wildman–Crippen MR) is 142 cm³/mol. The fourth-order valence-corrected chi connectivity index (χ4v) is 6.44. The van der Waals surface area contributed by atoms with E-state index >= 15 is 0 Å². The van der Waals surface area contributed by atoms with E-state index in [2.05, 4.69) is 10.2 Å². The molecule has 1 N–H and O–H groups in total. The van der Waals surface area contributed by atoms with Crippen LogP contribution in [-0.2, 0) is 19.6 Å². The monoisotopic (exact) mass is 528 g/mol. The smallest absolute Gasteiger partial charge is 0.243 e. The van der Waals surface area contributed by atoms with Crippen LogP contribution in [0.3, 0.4) is 0 Å². The molecular formula is C27H36N4O5S. The first-order chi connectivity index (χ1) is 17.9. The van der Waals surface area contributed by atoms with Crippen molar-refractivity contribution in [2.75, 3.05) is 57.8 Å². The van der Waals surface area contributed by atoms with Gasteiger partial charge in [0.25, 0.3) is 0 Å². The molecule has 2 aliphatic heterocycles. The van der Waals surface area contributed by atoms with Crippen molar-refractivity contribution in [3.8, 4) is 5.75 Å². The van der Waals surface area contributed by atoms with E-state index < -0.39 is 10.0 Å². The van der Waals surface area contributed by atoms with Gasteiger partial charge in [-0.25, -0.2) is 8.42 Å². The lowest BCUT2D eigenvalue weighted by molar-refractivity contribution is -0.136. The molecule has 37 heavy (non-hydrogen) atoms. The Hall–Kier alpha value is -3.11. The highest BCUT2D eigenvalue weighted by Crippen LogP contribution is 2.23. The maximum Gasteiger partial charge on any atom is 0.243 e. The highest BCUT2D eigenvalue weighted by atomic mass is 32.2. The first-order valence-electron chi connectivity index (χ1n) is 12.9. The Morgan fingerprint density at radius 1 is 0.919 bits per heavy atom. The van der Waals surface area contributed by atoms with E-state index in [1.54, 1.807) is 37.4 Å². The number of sulfonamides is 1. The Morgan fingerprint density at radius 2 is 1.62 bits per heavy atom. The first-order valence-corrected chi connectivity index (χ1v) is 14.3. The molecule has 0 aromatic heterocycles. The normalized spacial score (nSPS) is 20.6. The standard InChI is InChI=1S/C27H36N4O5S/c1-36-24-11-9-23(10-12-24)29-18-20-30(21-19-29)27(33)22-6-5-16-31(17-14-26(32)28-15-13-22)37(34,35)25-7-3-2-4-8-25/h2-4,7-12,22H,5-6,13-21H2,1H3,(H,28,32). The van der Waals surface area contributed by atoms with Crippen molar-refractivity contribution in [1.82, 2.24) is 14.5 Å². The summed E-state index contributed by atoms with van der Waals surface area (Å²) in [6.45, 7) is 3.54. The van der Waals surface area contributed by atoms with Crippen LogP contribution >= 0.6 is 0 Å². The van der Waals surface area contributed by atoms with Gasteiger partial charge in [-0.15, -0.1) is 0 Å². The van der Waals surface area contributed by atoms with Gasteiger partial charge in [0.05, 0.1) is 12.0 Å². The topological polar surface area (TPSA) is 99.3 Å². The molecule has 2 amide bonds. The molecule has 0 saturated carbocycles. The quantitative estimate of drug-likeness (QED) is 0.640. The number of piperazine rings is 1. The van der Waals surface area contributed by atoms with Gasteiger partial charge in [-0.2, -0.15) is 4.31 Å². The molecule has 2 aromatic rings. The van der Waals surface area contributed by atoms with Crippen molar-refractivity contribution in [3.05, 3.63) is 54.6 Å². The van der Waals surface area contributed by atoms with Crippen LogP contribution in [0.2, 0.25) is 0 Å². The number of anilines is 1. The zero-order chi connectivity index (χ0) is 26.3. The number of hydrogen-bond acceptors (Lipinski definition) is 6. The van der Waals surface area contributed by atoms with Crippen molar-refractivity contribution < 1.29 is 22.7 Å². The number of methoxy groups -OCH3 is 1. The summed E-state index contributed by atoms with van der Waals surface area (Å²) in [5.41, 5.74) is 1.10. The first kappa shape index (κ1) is 26.9. The van der Waals surface area contributed by atoms with E-state index in [9.17, 15) is 18.0 Å². The Morgan fingerprint density at radius 3 is 2.30 bits per heavy atom. The van der Waals surface area contributed by atoms with Gasteiger partial charge in [-0.3, -0.25) is 9.59 Å². The molecule has 2 aromatic carbocycles. The lowest BCUT2D eigenvalue weighted by atomic mass is 9.97. The van der Waals surface area contributed by atoms with Gasteiger partial charge in [-0.1, -0.05) is 18.2 Å². The van der Waals surface area contributed by atoms with Gasteiger partial charge >= 0.3 is 0 Å². The van der Waals surface area contributed by atoms with Gasteiger partial charge < -0.3 is 19.9 Å². The number of carbonyl (C=O) groups excluding carboxylic acids is 2. The zero-order valence-electron chi connectivity index (χ0n) is 21.3. The fraction of sp³-hybridized carbons (Fsp3) is 0.481. The summed E-state index contributed by atoms with van der Waals surface area (Å²) in [4.78, 5) is 30.2. The average Bonchev–Trinajstić information content (AvgIpc) is 2.98. The third-order valence-corrected chi connectivity index (χ3v) is 9.04. The molecule has 9 nitrogen and oxygen atoms in total. The third-order valence-electron chi connectivity index (χ3n) is 7.12. The average molecular weight is 529 g/mol. The molecule has 0 radical (unpaired) electrons. The van der Waals surface area contributed by atoms with E-state index in [1.165, 1.54) is 4.31 Å². The number of benzene rings is 2. The Labute approximate surface area is 219 Å². The lowest BCUT2D eigenvalue weighted by Gasteiger charge is -2.37. The van der Waals surface area contributed by atoms with E-state index in [0.717, 1.165) is 24.5 Å². The second-order valence-electron chi connectivity index (χ2n) is 9.46. The SMILES string of the molecule is COc1ccc(N2CCN(C(=O)C3CCCN(S(=O)(=O)c4ccccc4)CCC(=O)NCC3)CC2)cc1. The number of nitrogens with one attached hydrogen (secondary N) is 1. The second-order valence-corrected chi connectivity index (χ2v) is 11.4. The molecule has 1 atom stereocenters. The minimum Gasteiger partial charge on any atom is -0.497 e. The summed E-state index contributed by atoms with van der Waals surface area (Å²) < 4.78 is 33.0. The predicted octanol–water partition coefficient (Wildman–Crippen LogP) is 2.34. The van der Waals surface area contributed by atoms with Crippen molar-refractivity contribution in [3.63, 3.8) is 0 Å². The van der Waals surface area contributed by atoms with Gasteiger partial charge in [-0.05, 0) is 55.7 Å². The largest absolute Gasteiger partial charge is 0.497 e. The summed E-state index contributed by atoms with van der Waals surface area (Å²) >= 11 is 0. The van der Waals surface area contributed by atoms with Gasteiger partial charge in [0, 0.05) is 63.8 Å². The molecule has 0 spiro atoms. The summed E-state index contributed by atoms with van der Waals surface area (Å²) in [5, 5.41) is 2.87.